The van der Waals surface area contributed by atoms with Gasteiger partial charge in [0.2, 0.25) is 0 Å². The number of allylic oxidation sites excluding steroid dienone is 2. The fourth-order valence-corrected chi connectivity index (χ4v) is 9.09. The molecule has 2 saturated carbocycles. The van der Waals surface area contributed by atoms with Gasteiger partial charge in [-0.15, -0.1) is 0 Å². The molecule has 2 heterocycles. The minimum absolute atomic E-state index is 0.0222. The summed E-state index contributed by atoms with van der Waals surface area (Å²) in [7, 11) is 0. The Bertz CT molecular complexity index is 801. The van der Waals surface area contributed by atoms with E-state index in [2.05, 4.69) is 39.1 Å². The Balaban J connectivity index is 1.34. The third-order valence-electron chi connectivity index (χ3n) is 10.9. The summed E-state index contributed by atoms with van der Waals surface area (Å²) in [6, 6.07) is 0.530. The van der Waals surface area contributed by atoms with Crippen LogP contribution in [0, 0.1) is 35.0 Å². The van der Waals surface area contributed by atoms with Crippen LogP contribution < -0.4 is 5.32 Å². The highest BCUT2D eigenvalue weighted by molar-refractivity contribution is 5.38. The van der Waals surface area contributed by atoms with Gasteiger partial charge in [0.15, 0.2) is 0 Å². The van der Waals surface area contributed by atoms with Crippen molar-refractivity contribution in [2.75, 3.05) is 6.54 Å². The molecule has 0 aromatic rings. The number of nitrogens with one attached hydrogen (secondary N) is 1. The number of aliphatic hydroxyl groups is 1. The predicted molar refractivity (Wildman–Crippen MR) is 120 cm³/mol. The molecule has 6 aliphatic rings. The van der Waals surface area contributed by atoms with Crippen molar-refractivity contribution in [2.45, 2.75) is 103 Å². The van der Waals surface area contributed by atoms with Crippen LogP contribution in [0.15, 0.2) is 22.8 Å². The predicted octanol–water partition coefficient (Wildman–Crippen LogP) is 5.00. The molecule has 2 aliphatic heterocycles. The van der Waals surface area contributed by atoms with E-state index in [0.717, 1.165) is 43.1 Å². The van der Waals surface area contributed by atoms with Crippen molar-refractivity contribution in [2.24, 2.45) is 35.0 Å². The lowest BCUT2D eigenvalue weighted by Crippen LogP contribution is -2.49. The van der Waals surface area contributed by atoms with Gasteiger partial charge >= 0.3 is 0 Å². The number of hydrogen-bond donors (Lipinski definition) is 2. The minimum Gasteiger partial charge on any atom is -0.393 e. The van der Waals surface area contributed by atoms with Crippen molar-refractivity contribution in [3.63, 3.8) is 0 Å². The largest absolute Gasteiger partial charge is 0.393 e. The van der Waals surface area contributed by atoms with Gasteiger partial charge in [-0.3, -0.25) is 0 Å². The maximum atomic E-state index is 10.3. The Morgan fingerprint density at radius 2 is 2.00 bits per heavy atom. The van der Waals surface area contributed by atoms with Crippen LogP contribution in [-0.2, 0) is 4.74 Å². The van der Waals surface area contributed by atoms with E-state index in [9.17, 15) is 5.11 Å². The van der Waals surface area contributed by atoms with Gasteiger partial charge in [0.1, 0.15) is 0 Å². The quantitative estimate of drug-likeness (QED) is 0.551. The number of hydrogen-bond acceptors (Lipinski definition) is 3. The molecule has 10 atom stereocenters. The molecule has 3 heteroatoms. The maximum absolute atomic E-state index is 10.3. The molecular weight excluding hydrogens is 370 g/mol. The molecule has 166 valence electrons. The first kappa shape index (κ1) is 20.0. The van der Waals surface area contributed by atoms with Gasteiger partial charge in [0, 0.05) is 12.0 Å². The van der Waals surface area contributed by atoms with E-state index in [0.29, 0.717) is 23.5 Å². The van der Waals surface area contributed by atoms with Crippen molar-refractivity contribution in [3.05, 3.63) is 22.8 Å². The number of ether oxygens (including phenoxy) is 1. The first-order chi connectivity index (χ1) is 14.3. The van der Waals surface area contributed by atoms with Gasteiger partial charge in [0.25, 0.3) is 0 Å². The van der Waals surface area contributed by atoms with Crippen molar-refractivity contribution in [1.82, 2.24) is 5.32 Å². The summed E-state index contributed by atoms with van der Waals surface area (Å²) in [5.41, 5.74) is 5.25. The Morgan fingerprint density at radius 1 is 1.17 bits per heavy atom. The molecule has 0 aromatic heterocycles. The standard InChI is InChI=1S/C27H41NO2/c1-15-11-24-25(28-14-15)17(3)27(30-24)10-8-20-21-6-5-18-12-19(29)7-9-26(18,4)23(21)13-22(20)16(27)2/h5,15,17,19-21,23-25,28-29H,6-14H2,1-4H3/t15-,17+,19-,20-,21+,23-,24+,25-,26+,27-/m1/s1. The molecule has 0 unspecified atom stereocenters. The van der Waals surface area contributed by atoms with E-state index in [4.69, 9.17) is 4.74 Å². The van der Waals surface area contributed by atoms with E-state index in [-0.39, 0.29) is 11.7 Å². The summed E-state index contributed by atoms with van der Waals surface area (Å²) in [6.45, 7) is 10.9. The van der Waals surface area contributed by atoms with Gasteiger partial charge < -0.3 is 15.2 Å². The summed E-state index contributed by atoms with van der Waals surface area (Å²) in [5.74, 6) is 3.64. The Hall–Kier alpha value is -0.640. The highest BCUT2D eigenvalue weighted by atomic mass is 16.5. The Morgan fingerprint density at radius 3 is 2.83 bits per heavy atom. The maximum Gasteiger partial charge on any atom is 0.0937 e. The average molecular weight is 412 g/mol. The Kier molecular flexibility index (Phi) is 4.46. The molecule has 0 amide bonds. The van der Waals surface area contributed by atoms with Crippen LogP contribution in [0.5, 0.6) is 0 Å². The van der Waals surface area contributed by atoms with Crippen LogP contribution in [0.2, 0.25) is 0 Å². The second-order valence-corrected chi connectivity index (χ2v) is 12.2. The number of piperidine rings is 1. The molecule has 1 spiro atoms. The zero-order valence-corrected chi connectivity index (χ0v) is 19.4. The van der Waals surface area contributed by atoms with Crippen molar-refractivity contribution in [1.29, 1.82) is 0 Å². The molecule has 0 bridgehead atoms. The van der Waals surface area contributed by atoms with Gasteiger partial charge in [-0.2, -0.15) is 0 Å². The molecule has 4 aliphatic carbocycles. The van der Waals surface area contributed by atoms with Gasteiger partial charge in [-0.05, 0) is 99.5 Å². The molecular formula is C27H41NO2. The van der Waals surface area contributed by atoms with Crippen molar-refractivity contribution < 1.29 is 9.84 Å². The van der Waals surface area contributed by atoms with Crippen LogP contribution in [0.25, 0.3) is 0 Å². The van der Waals surface area contributed by atoms with Crippen LogP contribution in [0.1, 0.15) is 79.1 Å². The lowest BCUT2D eigenvalue weighted by molar-refractivity contribution is -0.0549. The zero-order chi connectivity index (χ0) is 20.8. The SMILES string of the molecule is CC1=C2C[C@@H]3[C@@H](CC=C4C[C@H](O)CC[C@@]43C)[C@H]2CC[C@@]12O[C@H]1C[C@@H](C)CN[C@@H]1[C@@H]2C. The van der Waals surface area contributed by atoms with E-state index in [1.54, 1.807) is 16.7 Å². The smallest absolute Gasteiger partial charge is 0.0937 e. The third kappa shape index (κ3) is 2.55. The van der Waals surface area contributed by atoms with Crippen LogP contribution >= 0.6 is 0 Å². The molecule has 3 nitrogen and oxygen atoms in total. The second kappa shape index (κ2) is 6.68. The fraction of sp³-hybridized carbons (Fsp3) is 0.852. The Labute approximate surface area is 182 Å². The average Bonchev–Trinajstić information content (AvgIpc) is 3.23. The molecule has 6 rings (SSSR count). The first-order valence-corrected chi connectivity index (χ1v) is 12.8. The number of fused-ring (bicyclic) bond motifs is 6. The van der Waals surface area contributed by atoms with Crippen LogP contribution in [0.3, 0.4) is 0 Å². The highest BCUT2D eigenvalue weighted by Crippen LogP contribution is 2.65. The second-order valence-electron chi connectivity index (χ2n) is 12.2. The van der Waals surface area contributed by atoms with Crippen LogP contribution in [-0.4, -0.2) is 35.5 Å². The van der Waals surface area contributed by atoms with Crippen molar-refractivity contribution >= 4 is 0 Å². The third-order valence-corrected chi connectivity index (χ3v) is 10.9. The molecule has 0 aromatic carbocycles. The zero-order valence-electron chi connectivity index (χ0n) is 19.4. The highest BCUT2D eigenvalue weighted by Gasteiger charge is 2.60. The summed E-state index contributed by atoms with van der Waals surface area (Å²) < 4.78 is 7.03. The number of rotatable bonds is 0. The van der Waals surface area contributed by atoms with E-state index in [1.165, 1.54) is 38.5 Å². The van der Waals surface area contributed by atoms with Gasteiger partial charge in [-0.25, -0.2) is 0 Å². The monoisotopic (exact) mass is 411 g/mol. The molecule has 2 saturated heterocycles. The summed E-state index contributed by atoms with van der Waals surface area (Å²) in [5, 5.41) is 14.1. The minimum atomic E-state index is -0.111. The van der Waals surface area contributed by atoms with E-state index < -0.39 is 0 Å². The van der Waals surface area contributed by atoms with E-state index in [1.807, 2.05) is 0 Å². The van der Waals surface area contributed by atoms with Gasteiger partial charge in [0.05, 0.1) is 17.8 Å². The fourth-order valence-electron chi connectivity index (χ4n) is 9.09. The number of aliphatic hydroxyl groups excluding tert-OH is 1. The van der Waals surface area contributed by atoms with E-state index >= 15 is 0 Å². The summed E-state index contributed by atoms with van der Waals surface area (Å²) >= 11 is 0. The molecule has 30 heavy (non-hydrogen) atoms. The molecule has 0 radical (unpaired) electrons. The molecule has 2 N–H and O–H groups in total. The lowest BCUT2D eigenvalue weighted by Gasteiger charge is -2.49. The van der Waals surface area contributed by atoms with Crippen LogP contribution in [0.4, 0.5) is 0 Å². The lowest BCUT2D eigenvalue weighted by atomic mass is 9.56. The summed E-state index contributed by atoms with van der Waals surface area (Å²) in [6.07, 6.45) is 12.2. The summed E-state index contributed by atoms with van der Waals surface area (Å²) in [4.78, 5) is 0. The topological polar surface area (TPSA) is 41.5 Å². The molecule has 4 fully saturated rings. The van der Waals surface area contributed by atoms with Gasteiger partial charge in [-0.1, -0.05) is 38.0 Å². The normalized spacial score (nSPS) is 55.0. The first-order valence-electron chi connectivity index (χ1n) is 12.8. The van der Waals surface area contributed by atoms with Crippen molar-refractivity contribution in [3.8, 4) is 0 Å².